The van der Waals surface area contributed by atoms with Crippen molar-refractivity contribution in [3.05, 3.63) is 64.1 Å². The lowest BCUT2D eigenvalue weighted by Gasteiger charge is -2.14. The van der Waals surface area contributed by atoms with Crippen LogP contribution in [0.5, 0.6) is 0 Å². The van der Waals surface area contributed by atoms with Crippen LogP contribution in [0, 0.1) is 0 Å². The summed E-state index contributed by atoms with van der Waals surface area (Å²) in [5, 5.41) is 0. The topological polar surface area (TPSA) is 48.3 Å². The molecule has 1 heterocycles. The summed E-state index contributed by atoms with van der Waals surface area (Å²) in [5.74, 6) is 1.18. The van der Waals surface area contributed by atoms with Crippen LogP contribution in [0.25, 0.3) is 5.69 Å². The lowest BCUT2D eigenvalue weighted by atomic mass is 10.2. The number of hydrogen-bond acceptors (Lipinski definition) is 4. The number of rotatable bonds is 7. The Kier molecular flexibility index (Phi) is 6.47. The summed E-state index contributed by atoms with van der Waals surface area (Å²) in [6.45, 7) is 4.10. The van der Waals surface area contributed by atoms with Gasteiger partial charge in [0.1, 0.15) is 5.56 Å². The van der Waals surface area contributed by atoms with Crippen molar-refractivity contribution in [1.29, 1.82) is 0 Å². The van der Waals surface area contributed by atoms with Crippen molar-refractivity contribution in [2.75, 3.05) is 12.4 Å². The maximum Gasteiger partial charge on any atom is 0.343 e. The van der Waals surface area contributed by atoms with Crippen LogP contribution in [0.1, 0.15) is 36.3 Å². The van der Waals surface area contributed by atoms with Crippen LogP contribution in [0.2, 0.25) is 0 Å². The first-order valence-corrected chi connectivity index (χ1v) is 8.89. The van der Waals surface area contributed by atoms with Crippen LogP contribution >= 0.6 is 11.8 Å². The minimum atomic E-state index is -0.574. The highest BCUT2D eigenvalue weighted by Crippen LogP contribution is 2.16. The molecular formula is C18H21NO3S. The summed E-state index contributed by atoms with van der Waals surface area (Å²) in [7, 11) is 0. The molecule has 0 fully saturated rings. The number of thioether (sulfide) groups is 1. The fourth-order valence-corrected chi connectivity index (χ4v) is 3.10. The van der Waals surface area contributed by atoms with Gasteiger partial charge in [0.15, 0.2) is 0 Å². The molecule has 0 radical (unpaired) electrons. The highest BCUT2D eigenvalue weighted by atomic mass is 32.2. The minimum absolute atomic E-state index is 0.0694. The molecule has 0 aliphatic rings. The fraction of sp³-hybridized carbons (Fsp3) is 0.333. The number of hydrogen-bond donors (Lipinski definition) is 0. The second-order valence-electron chi connectivity index (χ2n) is 4.99. The van der Waals surface area contributed by atoms with Gasteiger partial charge in [-0.3, -0.25) is 9.36 Å². The molecule has 1 aromatic heterocycles. The van der Waals surface area contributed by atoms with Gasteiger partial charge >= 0.3 is 5.97 Å². The van der Waals surface area contributed by atoms with Crippen LogP contribution in [0.4, 0.5) is 0 Å². The van der Waals surface area contributed by atoms with Gasteiger partial charge in [-0.25, -0.2) is 4.79 Å². The summed E-state index contributed by atoms with van der Waals surface area (Å²) in [4.78, 5) is 24.8. The number of para-hydroxylation sites is 1. The van der Waals surface area contributed by atoms with E-state index in [1.54, 1.807) is 29.3 Å². The zero-order chi connectivity index (χ0) is 16.7. The van der Waals surface area contributed by atoms with E-state index in [0.29, 0.717) is 0 Å². The normalized spacial score (nSPS) is 10.5. The third kappa shape index (κ3) is 4.26. The third-order valence-electron chi connectivity index (χ3n) is 3.27. The van der Waals surface area contributed by atoms with E-state index in [9.17, 15) is 9.59 Å². The van der Waals surface area contributed by atoms with Gasteiger partial charge in [0.05, 0.1) is 6.61 Å². The van der Waals surface area contributed by atoms with E-state index >= 15 is 0 Å². The summed E-state index contributed by atoms with van der Waals surface area (Å²) < 4.78 is 6.59. The van der Waals surface area contributed by atoms with E-state index in [1.807, 2.05) is 36.4 Å². The average molecular weight is 331 g/mol. The molecule has 4 nitrogen and oxygen atoms in total. The zero-order valence-electron chi connectivity index (χ0n) is 13.5. The van der Waals surface area contributed by atoms with E-state index in [-0.39, 0.29) is 17.7 Å². The molecular weight excluding hydrogens is 310 g/mol. The van der Waals surface area contributed by atoms with E-state index in [2.05, 4.69) is 6.92 Å². The Labute approximate surface area is 140 Å². The second-order valence-corrected chi connectivity index (χ2v) is 6.09. The van der Waals surface area contributed by atoms with Crippen molar-refractivity contribution >= 4 is 17.7 Å². The van der Waals surface area contributed by atoms with Crippen LogP contribution in [-0.4, -0.2) is 22.9 Å². The van der Waals surface area contributed by atoms with E-state index in [0.717, 1.165) is 29.3 Å². The summed E-state index contributed by atoms with van der Waals surface area (Å²) in [6.07, 6.45) is 1.08. The fourth-order valence-electron chi connectivity index (χ4n) is 2.23. The van der Waals surface area contributed by atoms with E-state index in [1.165, 1.54) is 0 Å². The molecule has 0 saturated carbocycles. The van der Waals surface area contributed by atoms with Crippen molar-refractivity contribution in [1.82, 2.24) is 4.57 Å². The van der Waals surface area contributed by atoms with E-state index < -0.39 is 5.97 Å². The predicted octanol–water partition coefficient (Wildman–Crippen LogP) is 3.66. The van der Waals surface area contributed by atoms with Crippen molar-refractivity contribution < 1.29 is 9.53 Å². The maximum absolute atomic E-state index is 12.8. The molecule has 0 atom stereocenters. The van der Waals surface area contributed by atoms with Crippen molar-refractivity contribution in [2.24, 2.45) is 0 Å². The summed E-state index contributed by atoms with van der Waals surface area (Å²) in [6, 6.07) is 12.8. The SMILES string of the molecule is CCCSCc1ccc(C(=O)OCC)c(=O)n1-c1ccccc1. The zero-order valence-corrected chi connectivity index (χ0v) is 14.3. The van der Waals surface area contributed by atoms with Crippen molar-refractivity contribution in [2.45, 2.75) is 26.0 Å². The molecule has 0 N–H and O–H groups in total. The molecule has 0 aliphatic carbocycles. The quantitative estimate of drug-likeness (QED) is 0.574. The first-order valence-electron chi connectivity index (χ1n) is 7.74. The Morgan fingerprint density at radius 3 is 2.52 bits per heavy atom. The number of nitrogens with zero attached hydrogens (tertiary/aromatic N) is 1. The number of carbonyl (C=O) groups is 1. The summed E-state index contributed by atoms with van der Waals surface area (Å²) in [5.41, 5.74) is 1.38. The number of carbonyl (C=O) groups excluding carboxylic acids is 1. The van der Waals surface area contributed by atoms with E-state index in [4.69, 9.17) is 4.74 Å². The van der Waals surface area contributed by atoms with Gasteiger partial charge in [0.25, 0.3) is 5.56 Å². The number of ether oxygens (including phenoxy) is 1. The molecule has 0 unspecified atom stereocenters. The molecule has 0 saturated heterocycles. The first-order chi connectivity index (χ1) is 11.2. The van der Waals surface area contributed by atoms with Gasteiger partial charge in [-0.2, -0.15) is 11.8 Å². The maximum atomic E-state index is 12.8. The lowest BCUT2D eigenvalue weighted by molar-refractivity contribution is 0.0524. The number of pyridine rings is 1. The van der Waals surface area contributed by atoms with Crippen LogP contribution < -0.4 is 5.56 Å². The lowest BCUT2D eigenvalue weighted by Crippen LogP contribution is -2.28. The van der Waals surface area contributed by atoms with Crippen LogP contribution in [-0.2, 0) is 10.5 Å². The molecule has 2 rings (SSSR count). The highest BCUT2D eigenvalue weighted by molar-refractivity contribution is 7.98. The number of benzene rings is 1. The Morgan fingerprint density at radius 2 is 1.87 bits per heavy atom. The average Bonchev–Trinajstić information content (AvgIpc) is 2.56. The third-order valence-corrected chi connectivity index (χ3v) is 4.47. The second kappa shape index (κ2) is 8.58. The Bertz CT molecular complexity index is 710. The number of esters is 1. The molecule has 0 spiro atoms. The van der Waals surface area contributed by atoms with Gasteiger partial charge in [0.2, 0.25) is 0 Å². The van der Waals surface area contributed by atoms with Gasteiger partial charge in [-0.15, -0.1) is 0 Å². The van der Waals surface area contributed by atoms with Gasteiger partial charge in [0, 0.05) is 17.1 Å². The first kappa shape index (κ1) is 17.3. The molecule has 5 heteroatoms. The van der Waals surface area contributed by atoms with Gasteiger partial charge in [-0.1, -0.05) is 25.1 Å². The molecule has 0 bridgehead atoms. The predicted molar refractivity (Wildman–Crippen MR) is 94.4 cm³/mol. The van der Waals surface area contributed by atoms with Crippen LogP contribution in [0.3, 0.4) is 0 Å². The summed E-state index contributed by atoms with van der Waals surface area (Å²) >= 11 is 1.77. The molecule has 1 aromatic carbocycles. The molecule has 23 heavy (non-hydrogen) atoms. The van der Waals surface area contributed by atoms with Gasteiger partial charge in [-0.05, 0) is 43.4 Å². The smallest absolute Gasteiger partial charge is 0.343 e. The Morgan fingerprint density at radius 1 is 1.13 bits per heavy atom. The standard InChI is InChI=1S/C18H21NO3S/c1-3-12-23-13-15-10-11-16(18(21)22-4-2)17(20)19(15)14-8-6-5-7-9-14/h5-11H,3-4,12-13H2,1-2H3. The van der Waals surface area contributed by atoms with Crippen molar-refractivity contribution in [3.63, 3.8) is 0 Å². The highest BCUT2D eigenvalue weighted by Gasteiger charge is 2.16. The molecule has 122 valence electrons. The number of aromatic nitrogens is 1. The Balaban J connectivity index is 2.50. The van der Waals surface area contributed by atoms with Crippen molar-refractivity contribution in [3.8, 4) is 5.69 Å². The Hall–Kier alpha value is -2.01. The van der Waals surface area contributed by atoms with Crippen LogP contribution in [0.15, 0.2) is 47.3 Å². The monoisotopic (exact) mass is 331 g/mol. The van der Waals surface area contributed by atoms with Gasteiger partial charge < -0.3 is 4.74 Å². The minimum Gasteiger partial charge on any atom is -0.462 e. The molecule has 0 aliphatic heterocycles. The molecule has 2 aromatic rings. The molecule has 0 amide bonds. The largest absolute Gasteiger partial charge is 0.462 e.